The topological polar surface area (TPSA) is 29.5 Å². The fraction of sp³-hybridized carbons (Fsp3) is 0.577. The Bertz CT molecular complexity index is 680. The average Bonchev–Trinajstić information content (AvgIpc) is 2.70. The highest BCUT2D eigenvalue weighted by molar-refractivity contribution is 5.69. The molecule has 1 atom stereocenters. The van der Waals surface area contributed by atoms with Crippen molar-refractivity contribution in [3.05, 3.63) is 59.2 Å². The highest BCUT2D eigenvalue weighted by Crippen LogP contribution is 2.34. The smallest absolute Gasteiger partial charge is 0.306 e. The number of ether oxygens (including phenoxy) is 1. The van der Waals surface area contributed by atoms with Crippen LogP contribution in [-0.2, 0) is 9.53 Å². The van der Waals surface area contributed by atoms with Crippen LogP contribution >= 0.6 is 0 Å². The lowest BCUT2D eigenvalue weighted by molar-refractivity contribution is -0.142. The lowest BCUT2D eigenvalue weighted by atomic mass is 9.82. The fourth-order valence-electron chi connectivity index (χ4n) is 4.25. The van der Waals surface area contributed by atoms with E-state index in [1.165, 1.54) is 11.1 Å². The van der Waals surface area contributed by atoms with E-state index in [0.29, 0.717) is 31.0 Å². The van der Waals surface area contributed by atoms with Gasteiger partial charge in [0, 0.05) is 24.4 Å². The van der Waals surface area contributed by atoms with Crippen molar-refractivity contribution in [3.8, 4) is 0 Å². The molecule has 1 aliphatic carbocycles. The minimum absolute atomic E-state index is 0.0990. The van der Waals surface area contributed by atoms with Crippen LogP contribution in [-0.4, -0.2) is 36.1 Å². The Kier molecular flexibility index (Phi) is 9.66. The molecule has 0 radical (unpaired) electrons. The van der Waals surface area contributed by atoms with E-state index in [1.54, 1.807) is 0 Å². The molecule has 0 N–H and O–H groups in total. The molecule has 160 valence electrons. The van der Waals surface area contributed by atoms with Crippen LogP contribution in [0, 0.1) is 0 Å². The summed E-state index contributed by atoms with van der Waals surface area (Å²) in [6.07, 6.45) is 9.04. The monoisotopic (exact) mass is 397 g/mol. The van der Waals surface area contributed by atoms with Gasteiger partial charge in [-0.25, -0.2) is 0 Å². The van der Waals surface area contributed by atoms with Crippen molar-refractivity contribution in [2.75, 3.05) is 13.2 Å². The maximum Gasteiger partial charge on any atom is 0.306 e. The zero-order valence-electron chi connectivity index (χ0n) is 19.0. The molecule has 0 saturated heterocycles. The third-order valence-electron chi connectivity index (χ3n) is 5.72. The van der Waals surface area contributed by atoms with E-state index < -0.39 is 0 Å². The summed E-state index contributed by atoms with van der Waals surface area (Å²) in [7, 11) is 0. The van der Waals surface area contributed by atoms with Gasteiger partial charge in [0.2, 0.25) is 0 Å². The first-order valence-corrected chi connectivity index (χ1v) is 11.3. The summed E-state index contributed by atoms with van der Waals surface area (Å²) < 4.78 is 5.46. The van der Waals surface area contributed by atoms with Crippen LogP contribution in [0.15, 0.2) is 53.6 Å². The second-order valence-electron chi connectivity index (χ2n) is 8.62. The normalized spacial score (nSPS) is 15.4. The molecular weight excluding hydrogens is 358 g/mol. The molecule has 1 aliphatic rings. The number of nitrogens with zero attached hydrogens (tertiary/aromatic N) is 1. The molecule has 2 rings (SSSR count). The molecule has 0 aromatic heterocycles. The fourth-order valence-corrected chi connectivity index (χ4v) is 4.25. The lowest BCUT2D eigenvalue weighted by Crippen LogP contribution is -2.38. The minimum Gasteiger partial charge on any atom is -0.461 e. The maximum atomic E-state index is 11.8. The summed E-state index contributed by atoms with van der Waals surface area (Å²) >= 11 is 0. The molecule has 1 aromatic rings. The van der Waals surface area contributed by atoms with Gasteiger partial charge >= 0.3 is 5.97 Å². The molecule has 0 fully saturated rings. The Hall–Kier alpha value is -1.87. The van der Waals surface area contributed by atoms with E-state index in [0.717, 1.165) is 37.8 Å². The summed E-state index contributed by atoms with van der Waals surface area (Å²) in [4.78, 5) is 14.3. The molecule has 0 amide bonds. The zero-order chi connectivity index (χ0) is 21.2. The van der Waals surface area contributed by atoms with Gasteiger partial charge in [0.05, 0.1) is 0 Å². The Morgan fingerprint density at radius 3 is 2.41 bits per heavy atom. The van der Waals surface area contributed by atoms with Gasteiger partial charge in [-0.2, -0.15) is 0 Å². The Labute approximate surface area is 177 Å². The van der Waals surface area contributed by atoms with Crippen molar-refractivity contribution in [2.24, 2.45) is 0 Å². The summed E-state index contributed by atoms with van der Waals surface area (Å²) in [6.45, 7) is 12.6. The van der Waals surface area contributed by atoms with Gasteiger partial charge in [-0.15, -0.1) is 0 Å². The van der Waals surface area contributed by atoms with Crippen molar-refractivity contribution in [1.29, 1.82) is 0 Å². The Morgan fingerprint density at radius 1 is 1.10 bits per heavy atom. The van der Waals surface area contributed by atoms with Crippen LogP contribution in [0.5, 0.6) is 0 Å². The quantitative estimate of drug-likeness (QED) is 0.412. The van der Waals surface area contributed by atoms with Crippen molar-refractivity contribution in [2.45, 2.75) is 84.7 Å². The number of hydrogen-bond acceptors (Lipinski definition) is 3. The van der Waals surface area contributed by atoms with Gasteiger partial charge in [0.25, 0.3) is 0 Å². The van der Waals surface area contributed by atoms with E-state index in [4.69, 9.17) is 4.74 Å². The summed E-state index contributed by atoms with van der Waals surface area (Å²) in [5, 5.41) is 0. The predicted octanol–water partition coefficient (Wildman–Crippen LogP) is 6.27. The van der Waals surface area contributed by atoms with Crippen LogP contribution in [0.4, 0.5) is 0 Å². The van der Waals surface area contributed by atoms with E-state index >= 15 is 0 Å². The Balaban J connectivity index is 2.15. The second-order valence-corrected chi connectivity index (χ2v) is 8.62. The SMILES string of the molecule is CCCC(=O)OCC1=CCCC(C(CCN(C(C)C)C(C)C)c2ccccc2)=C1. The molecule has 3 nitrogen and oxygen atoms in total. The zero-order valence-corrected chi connectivity index (χ0v) is 19.0. The largest absolute Gasteiger partial charge is 0.461 e. The average molecular weight is 398 g/mol. The van der Waals surface area contributed by atoms with Crippen LogP contribution in [0.2, 0.25) is 0 Å². The van der Waals surface area contributed by atoms with Gasteiger partial charge in [-0.3, -0.25) is 9.69 Å². The Morgan fingerprint density at radius 2 is 1.79 bits per heavy atom. The van der Waals surface area contributed by atoms with Crippen LogP contribution < -0.4 is 0 Å². The van der Waals surface area contributed by atoms with Gasteiger partial charge < -0.3 is 4.74 Å². The van der Waals surface area contributed by atoms with Gasteiger partial charge in [0.1, 0.15) is 6.61 Å². The van der Waals surface area contributed by atoms with E-state index in [-0.39, 0.29) is 5.97 Å². The van der Waals surface area contributed by atoms with Crippen LogP contribution in [0.25, 0.3) is 0 Å². The van der Waals surface area contributed by atoms with Gasteiger partial charge in [0.15, 0.2) is 0 Å². The maximum absolute atomic E-state index is 11.8. The number of hydrogen-bond donors (Lipinski definition) is 0. The molecular formula is C26H39NO2. The van der Waals surface area contributed by atoms with E-state index in [2.05, 4.69) is 75.1 Å². The molecule has 0 bridgehead atoms. The first-order chi connectivity index (χ1) is 13.9. The third-order valence-corrected chi connectivity index (χ3v) is 5.72. The number of carbonyl (C=O) groups excluding carboxylic acids is 1. The lowest BCUT2D eigenvalue weighted by Gasteiger charge is -2.33. The summed E-state index contributed by atoms with van der Waals surface area (Å²) in [5.41, 5.74) is 3.99. The van der Waals surface area contributed by atoms with Gasteiger partial charge in [-0.05, 0) is 71.1 Å². The number of allylic oxidation sites excluding steroid dienone is 2. The molecule has 0 spiro atoms. The first-order valence-electron chi connectivity index (χ1n) is 11.3. The van der Waals surface area contributed by atoms with Crippen LogP contribution in [0.3, 0.4) is 0 Å². The van der Waals surface area contributed by atoms with Crippen molar-refractivity contribution >= 4 is 5.97 Å². The summed E-state index contributed by atoms with van der Waals surface area (Å²) in [6, 6.07) is 11.9. The highest BCUT2D eigenvalue weighted by Gasteiger charge is 2.22. The molecule has 3 heteroatoms. The van der Waals surface area contributed by atoms with Crippen LogP contribution in [0.1, 0.15) is 78.2 Å². The van der Waals surface area contributed by atoms with Gasteiger partial charge in [-0.1, -0.05) is 55.0 Å². The second kappa shape index (κ2) is 12.0. The minimum atomic E-state index is -0.0990. The van der Waals surface area contributed by atoms with E-state index in [1.807, 2.05) is 6.92 Å². The van der Waals surface area contributed by atoms with Crippen molar-refractivity contribution in [1.82, 2.24) is 4.90 Å². The number of esters is 1. The molecule has 0 aliphatic heterocycles. The third kappa shape index (κ3) is 7.47. The first kappa shape index (κ1) is 23.4. The van der Waals surface area contributed by atoms with E-state index in [9.17, 15) is 4.79 Å². The molecule has 0 saturated carbocycles. The molecule has 1 unspecified atom stereocenters. The highest BCUT2D eigenvalue weighted by atomic mass is 16.5. The summed E-state index contributed by atoms with van der Waals surface area (Å²) in [5.74, 6) is 0.310. The predicted molar refractivity (Wildman–Crippen MR) is 122 cm³/mol. The van der Waals surface area contributed by atoms with Crippen molar-refractivity contribution in [3.63, 3.8) is 0 Å². The molecule has 1 aromatic carbocycles. The number of rotatable bonds is 11. The molecule has 0 heterocycles. The number of carbonyl (C=O) groups is 1. The molecule has 29 heavy (non-hydrogen) atoms. The van der Waals surface area contributed by atoms with Crippen molar-refractivity contribution < 1.29 is 9.53 Å². The number of benzene rings is 1. The standard InChI is InChI=1S/C26H39NO2/c1-6-11-26(28)29-19-22-12-10-15-24(18-22)25(23-13-8-7-9-14-23)16-17-27(20(2)3)21(4)5/h7-9,12-14,18,20-21,25H,6,10-11,15-17,19H2,1-5H3.